The molecule has 0 spiro atoms. The van der Waals surface area contributed by atoms with E-state index in [2.05, 4.69) is 29.8 Å². The highest BCUT2D eigenvalue weighted by Gasteiger charge is 2.12. The van der Waals surface area contributed by atoms with E-state index in [9.17, 15) is 4.39 Å². The van der Waals surface area contributed by atoms with Gasteiger partial charge in [-0.2, -0.15) is 0 Å². The van der Waals surface area contributed by atoms with Crippen LogP contribution in [0, 0.1) is 5.82 Å². The molecule has 0 atom stereocenters. The Morgan fingerprint density at radius 2 is 1.83 bits per heavy atom. The number of benzene rings is 2. The molecule has 0 N–H and O–H groups in total. The topological polar surface area (TPSA) is 0 Å². The van der Waals surface area contributed by atoms with Crippen LogP contribution in [0.5, 0.6) is 0 Å². The first-order valence-corrected chi connectivity index (χ1v) is 6.91. The third-order valence-corrected chi connectivity index (χ3v) is 3.95. The molecule has 0 aliphatic carbocycles. The van der Waals surface area contributed by atoms with E-state index < -0.39 is 0 Å². The third kappa shape index (κ3) is 2.60. The zero-order valence-corrected chi connectivity index (χ0v) is 12.5. The molecular formula is C15H13BrClF. The number of hydrogen-bond acceptors (Lipinski definition) is 0. The van der Waals surface area contributed by atoms with Crippen molar-refractivity contribution in [1.82, 2.24) is 0 Å². The van der Waals surface area contributed by atoms with Gasteiger partial charge in [0.25, 0.3) is 0 Å². The van der Waals surface area contributed by atoms with Gasteiger partial charge in [0.2, 0.25) is 0 Å². The van der Waals surface area contributed by atoms with Gasteiger partial charge in [-0.1, -0.05) is 65.6 Å². The van der Waals surface area contributed by atoms with Crippen molar-refractivity contribution in [3.8, 4) is 11.1 Å². The van der Waals surface area contributed by atoms with Crippen LogP contribution in [0.2, 0.25) is 5.02 Å². The average molecular weight is 328 g/mol. The summed E-state index contributed by atoms with van der Waals surface area (Å²) >= 11 is 9.82. The molecular weight excluding hydrogens is 315 g/mol. The van der Waals surface area contributed by atoms with Gasteiger partial charge in [0.15, 0.2) is 0 Å². The van der Waals surface area contributed by atoms with Gasteiger partial charge in [0.05, 0.1) is 5.02 Å². The van der Waals surface area contributed by atoms with Crippen LogP contribution >= 0.6 is 27.5 Å². The normalized spacial score (nSPS) is 11.0. The summed E-state index contributed by atoms with van der Waals surface area (Å²) in [6.45, 7) is 4.20. The molecule has 0 fully saturated rings. The summed E-state index contributed by atoms with van der Waals surface area (Å²) < 4.78 is 13.8. The molecule has 2 aromatic rings. The zero-order chi connectivity index (χ0) is 13.3. The van der Waals surface area contributed by atoms with Crippen molar-refractivity contribution in [3.63, 3.8) is 0 Å². The Hall–Kier alpha value is -0.860. The van der Waals surface area contributed by atoms with E-state index in [-0.39, 0.29) is 5.82 Å². The van der Waals surface area contributed by atoms with Gasteiger partial charge in [0.1, 0.15) is 5.82 Å². The van der Waals surface area contributed by atoms with E-state index in [1.807, 2.05) is 18.2 Å². The van der Waals surface area contributed by atoms with Gasteiger partial charge in [-0.25, -0.2) is 4.39 Å². The molecule has 0 aliphatic heterocycles. The van der Waals surface area contributed by atoms with Crippen molar-refractivity contribution in [2.24, 2.45) is 0 Å². The number of halogens is 3. The first-order chi connectivity index (χ1) is 8.50. The Morgan fingerprint density at radius 1 is 1.11 bits per heavy atom. The molecule has 94 valence electrons. The second-order valence-corrected chi connectivity index (χ2v) is 5.72. The second kappa shape index (κ2) is 5.41. The standard InChI is InChI=1S/C15H13BrClF/c1-9(2)11-4-3-5-13(15(11)17)12-7-6-10(18)8-14(12)16/h3-9H,1-2H3. The maximum Gasteiger partial charge on any atom is 0.124 e. The molecule has 0 amide bonds. The molecule has 18 heavy (non-hydrogen) atoms. The van der Waals surface area contributed by atoms with E-state index >= 15 is 0 Å². The highest BCUT2D eigenvalue weighted by atomic mass is 79.9. The first-order valence-electron chi connectivity index (χ1n) is 5.74. The van der Waals surface area contributed by atoms with Crippen molar-refractivity contribution >= 4 is 27.5 Å². The van der Waals surface area contributed by atoms with Gasteiger partial charge in [0, 0.05) is 10.0 Å². The molecule has 0 aliphatic rings. The Labute approximate surface area is 120 Å². The zero-order valence-electron chi connectivity index (χ0n) is 10.2. The van der Waals surface area contributed by atoms with Crippen LogP contribution in [0.1, 0.15) is 25.3 Å². The molecule has 0 radical (unpaired) electrons. The molecule has 0 bridgehead atoms. The van der Waals surface area contributed by atoms with Crippen molar-refractivity contribution in [2.75, 3.05) is 0 Å². The highest BCUT2D eigenvalue weighted by molar-refractivity contribution is 9.10. The summed E-state index contributed by atoms with van der Waals surface area (Å²) in [7, 11) is 0. The van der Waals surface area contributed by atoms with E-state index in [1.165, 1.54) is 12.1 Å². The molecule has 2 rings (SSSR count). The minimum atomic E-state index is -0.262. The van der Waals surface area contributed by atoms with Crippen molar-refractivity contribution in [1.29, 1.82) is 0 Å². The summed E-state index contributed by atoms with van der Waals surface area (Å²) in [6.07, 6.45) is 0. The summed E-state index contributed by atoms with van der Waals surface area (Å²) in [6, 6.07) is 10.6. The van der Waals surface area contributed by atoms with Gasteiger partial charge < -0.3 is 0 Å². The van der Waals surface area contributed by atoms with Gasteiger partial charge in [-0.15, -0.1) is 0 Å². The van der Waals surface area contributed by atoms with E-state index in [1.54, 1.807) is 6.07 Å². The highest BCUT2D eigenvalue weighted by Crippen LogP contribution is 2.37. The van der Waals surface area contributed by atoms with Crippen molar-refractivity contribution in [3.05, 3.63) is 57.3 Å². The molecule has 0 unspecified atom stereocenters. The Bertz CT molecular complexity index is 579. The van der Waals surface area contributed by atoms with Crippen LogP contribution < -0.4 is 0 Å². The minimum absolute atomic E-state index is 0.262. The SMILES string of the molecule is CC(C)c1cccc(-c2ccc(F)cc2Br)c1Cl. The smallest absolute Gasteiger partial charge is 0.124 e. The van der Waals surface area contributed by atoms with Crippen molar-refractivity contribution < 1.29 is 4.39 Å². The average Bonchev–Trinajstić information content (AvgIpc) is 2.30. The summed E-state index contributed by atoms with van der Waals surface area (Å²) in [5.41, 5.74) is 2.93. The van der Waals surface area contributed by atoms with Gasteiger partial charge in [-0.3, -0.25) is 0 Å². The van der Waals surface area contributed by atoms with Crippen LogP contribution in [-0.4, -0.2) is 0 Å². The lowest BCUT2D eigenvalue weighted by atomic mass is 9.97. The lowest BCUT2D eigenvalue weighted by Crippen LogP contribution is -1.92. The molecule has 0 saturated carbocycles. The van der Waals surface area contributed by atoms with Crippen LogP contribution in [0.4, 0.5) is 4.39 Å². The predicted octanol–water partition coefficient (Wildman–Crippen LogP) is 6.03. The fraction of sp³-hybridized carbons (Fsp3) is 0.200. The Morgan fingerprint density at radius 3 is 2.44 bits per heavy atom. The van der Waals surface area contributed by atoms with E-state index in [0.717, 1.165) is 21.7 Å². The molecule has 3 heteroatoms. The Balaban J connectivity index is 2.61. The summed E-state index contributed by atoms with van der Waals surface area (Å²) in [5.74, 6) is 0.0958. The number of rotatable bonds is 2. The van der Waals surface area contributed by atoms with Crippen LogP contribution in [0.15, 0.2) is 40.9 Å². The van der Waals surface area contributed by atoms with Gasteiger partial charge >= 0.3 is 0 Å². The van der Waals surface area contributed by atoms with Crippen LogP contribution in [0.3, 0.4) is 0 Å². The fourth-order valence-corrected chi connectivity index (χ4v) is 2.92. The first kappa shape index (κ1) is 13.6. The minimum Gasteiger partial charge on any atom is -0.207 e. The molecule has 0 nitrogen and oxygen atoms in total. The predicted molar refractivity (Wildman–Crippen MR) is 78.6 cm³/mol. The fourth-order valence-electron chi connectivity index (χ4n) is 1.91. The maximum absolute atomic E-state index is 13.1. The monoisotopic (exact) mass is 326 g/mol. The largest absolute Gasteiger partial charge is 0.207 e. The number of hydrogen-bond donors (Lipinski definition) is 0. The Kier molecular flexibility index (Phi) is 4.08. The lowest BCUT2D eigenvalue weighted by molar-refractivity contribution is 0.627. The quantitative estimate of drug-likeness (QED) is 0.631. The molecule has 2 aromatic carbocycles. The second-order valence-electron chi connectivity index (χ2n) is 4.49. The van der Waals surface area contributed by atoms with E-state index in [4.69, 9.17) is 11.6 Å². The maximum atomic E-state index is 13.1. The molecule has 0 saturated heterocycles. The summed E-state index contributed by atoms with van der Waals surface area (Å²) in [4.78, 5) is 0. The molecule has 0 aromatic heterocycles. The third-order valence-electron chi connectivity index (χ3n) is 2.87. The van der Waals surface area contributed by atoms with Crippen LogP contribution in [0.25, 0.3) is 11.1 Å². The van der Waals surface area contributed by atoms with Crippen molar-refractivity contribution in [2.45, 2.75) is 19.8 Å². The lowest BCUT2D eigenvalue weighted by Gasteiger charge is -2.13. The molecule has 0 heterocycles. The van der Waals surface area contributed by atoms with E-state index in [0.29, 0.717) is 10.4 Å². The summed E-state index contributed by atoms with van der Waals surface area (Å²) in [5, 5.41) is 0.736. The van der Waals surface area contributed by atoms with Crippen LogP contribution in [-0.2, 0) is 0 Å². The van der Waals surface area contributed by atoms with Gasteiger partial charge in [-0.05, 0) is 29.2 Å².